The SMILES string of the molecule is Cc1cc(C(=O)O)cn1S(C)(=O)=O. The van der Waals surface area contributed by atoms with Crippen molar-refractivity contribution in [1.82, 2.24) is 3.97 Å². The first kappa shape index (κ1) is 9.79. The van der Waals surface area contributed by atoms with Crippen molar-refractivity contribution in [2.24, 2.45) is 0 Å². The summed E-state index contributed by atoms with van der Waals surface area (Å²) in [6.45, 7) is 1.54. The molecule has 0 atom stereocenters. The Labute approximate surface area is 75.7 Å². The van der Waals surface area contributed by atoms with Crippen molar-refractivity contribution in [1.29, 1.82) is 0 Å². The van der Waals surface area contributed by atoms with Crippen molar-refractivity contribution in [3.8, 4) is 0 Å². The predicted octanol–water partition coefficient (Wildman–Crippen LogP) is 0.302. The van der Waals surface area contributed by atoms with Crippen LogP contribution in [0.2, 0.25) is 0 Å². The summed E-state index contributed by atoms with van der Waals surface area (Å²) in [5, 5.41) is 8.58. The van der Waals surface area contributed by atoms with Crippen LogP contribution in [0.25, 0.3) is 0 Å². The highest BCUT2D eigenvalue weighted by molar-refractivity contribution is 7.89. The zero-order valence-corrected chi connectivity index (χ0v) is 8.00. The van der Waals surface area contributed by atoms with Crippen LogP contribution in [-0.4, -0.2) is 29.7 Å². The van der Waals surface area contributed by atoms with Gasteiger partial charge in [-0.2, -0.15) is 0 Å². The highest BCUT2D eigenvalue weighted by Gasteiger charge is 2.13. The minimum absolute atomic E-state index is 0.0251. The number of aryl methyl sites for hydroxylation is 1. The summed E-state index contributed by atoms with van der Waals surface area (Å²) < 4.78 is 23.1. The first-order valence-electron chi connectivity index (χ1n) is 3.45. The Balaban J connectivity index is 3.35. The van der Waals surface area contributed by atoms with Crippen LogP contribution >= 0.6 is 0 Å². The minimum atomic E-state index is -3.39. The molecule has 6 heteroatoms. The van der Waals surface area contributed by atoms with Gasteiger partial charge in [0, 0.05) is 11.9 Å². The number of carboxylic acids is 1. The van der Waals surface area contributed by atoms with Gasteiger partial charge >= 0.3 is 5.97 Å². The summed E-state index contributed by atoms with van der Waals surface area (Å²) in [7, 11) is -3.39. The quantitative estimate of drug-likeness (QED) is 0.750. The summed E-state index contributed by atoms with van der Waals surface area (Å²) in [5.41, 5.74) is 0.364. The third-order valence-electron chi connectivity index (χ3n) is 1.57. The number of carbonyl (C=O) groups is 1. The van der Waals surface area contributed by atoms with Gasteiger partial charge in [0.25, 0.3) is 0 Å². The lowest BCUT2D eigenvalue weighted by molar-refractivity contribution is 0.0697. The van der Waals surface area contributed by atoms with E-state index in [4.69, 9.17) is 5.11 Å². The third-order valence-corrected chi connectivity index (χ3v) is 2.68. The standard InChI is InChI=1S/C7H9NO4S/c1-5-3-6(7(9)10)4-8(5)13(2,11)12/h3-4H,1-2H3,(H,9,10). The van der Waals surface area contributed by atoms with Crippen LogP contribution in [-0.2, 0) is 10.0 Å². The largest absolute Gasteiger partial charge is 0.478 e. The monoisotopic (exact) mass is 203 g/mol. The smallest absolute Gasteiger partial charge is 0.337 e. The highest BCUT2D eigenvalue weighted by Crippen LogP contribution is 2.09. The zero-order valence-electron chi connectivity index (χ0n) is 7.18. The van der Waals surface area contributed by atoms with Crippen molar-refractivity contribution in [2.45, 2.75) is 6.92 Å². The van der Waals surface area contributed by atoms with Gasteiger partial charge in [-0.05, 0) is 13.0 Å². The van der Waals surface area contributed by atoms with Crippen LogP contribution in [0.1, 0.15) is 16.1 Å². The van der Waals surface area contributed by atoms with Gasteiger partial charge in [0.05, 0.1) is 11.8 Å². The lowest BCUT2D eigenvalue weighted by Crippen LogP contribution is -2.10. The second kappa shape index (κ2) is 2.88. The lowest BCUT2D eigenvalue weighted by Gasteiger charge is -2.00. The fourth-order valence-electron chi connectivity index (χ4n) is 1.03. The third kappa shape index (κ3) is 1.89. The number of aromatic carboxylic acids is 1. The fraction of sp³-hybridized carbons (Fsp3) is 0.286. The van der Waals surface area contributed by atoms with Crippen LogP contribution in [0, 0.1) is 6.92 Å². The molecule has 13 heavy (non-hydrogen) atoms. The normalized spacial score (nSPS) is 11.5. The van der Waals surface area contributed by atoms with Crippen LogP contribution in [0.4, 0.5) is 0 Å². The molecule has 0 saturated heterocycles. The molecule has 0 radical (unpaired) electrons. The first-order valence-corrected chi connectivity index (χ1v) is 5.30. The van der Waals surface area contributed by atoms with Crippen molar-refractivity contribution >= 4 is 16.0 Å². The predicted molar refractivity (Wildman–Crippen MR) is 46.4 cm³/mol. The molecule has 0 aliphatic rings. The molecule has 0 saturated carbocycles. The van der Waals surface area contributed by atoms with Gasteiger partial charge in [0.15, 0.2) is 0 Å². The molecule has 1 N–H and O–H groups in total. The van der Waals surface area contributed by atoms with Crippen LogP contribution in [0.15, 0.2) is 12.3 Å². The van der Waals surface area contributed by atoms with Crippen molar-refractivity contribution in [3.05, 3.63) is 23.5 Å². The van der Waals surface area contributed by atoms with Gasteiger partial charge in [0.2, 0.25) is 10.0 Å². The van der Waals surface area contributed by atoms with E-state index in [1.54, 1.807) is 0 Å². The molecular formula is C7H9NO4S. The van der Waals surface area contributed by atoms with Crippen LogP contribution < -0.4 is 0 Å². The number of nitrogens with zero attached hydrogens (tertiary/aromatic N) is 1. The topological polar surface area (TPSA) is 76.4 Å². The van der Waals surface area contributed by atoms with Gasteiger partial charge in [-0.25, -0.2) is 17.2 Å². The van der Waals surface area contributed by atoms with E-state index in [9.17, 15) is 13.2 Å². The molecule has 0 fully saturated rings. The maximum absolute atomic E-state index is 11.1. The number of hydrogen-bond acceptors (Lipinski definition) is 3. The Morgan fingerprint density at radius 3 is 2.31 bits per heavy atom. The number of rotatable bonds is 2. The Morgan fingerprint density at radius 2 is 2.08 bits per heavy atom. The second-order valence-corrected chi connectivity index (χ2v) is 4.59. The molecule has 1 aromatic heterocycles. The maximum Gasteiger partial charge on any atom is 0.337 e. The summed E-state index contributed by atoms with van der Waals surface area (Å²) in [6.07, 6.45) is 2.11. The molecular weight excluding hydrogens is 194 g/mol. The Bertz CT molecular complexity index is 443. The van der Waals surface area contributed by atoms with Gasteiger partial charge in [-0.15, -0.1) is 0 Å². The summed E-state index contributed by atoms with van der Waals surface area (Å²) >= 11 is 0. The summed E-state index contributed by atoms with van der Waals surface area (Å²) in [5.74, 6) is -1.13. The first-order chi connectivity index (χ1) is 5.82. The molecule has 0 aliphatic carbocycles. The summed E-state index contributed by atoms with van der Waals surface area (Å²) in [4.78, 5) is 10.5. The van der Waals surface area contributed by atoms with Crippen molar-refractivity contribution in [3.63, 3.8) is 0 Å². The van der Waals surface area contributed by atoms with E-state index in [0.717, 1.165) is 16.4 Å². The molecule has 1 aromatic rings. The van der Waals surface area contributed by atoms with Gasteiger partial charge in [-0.1, -0.05) is 0 Å². The maximum atomic E-state index is 11.1. The van der Waals surface area contributed by atoms with Crippen molar-refractivity contribution < 1.29 is 18.3 Å². The molecule has 1 heterocycles. The molecule has 0 aliphatic heterocycles. The molecule has 0 spiro atoms. The Morgan fingerprint density at radius 1 is 1.54 bits per heavy atom. The minimum Gasteiger partial charge on any atom is -0.478 e. The van der Waals surface area contributed by atoms with Gasteiger partial charge in [0.1, 0.15) is 0 Å². The Kier molecular flexibility index (Phi) is 2.17. The van der Waals surface area contributed by atoms with Crippen LogP contribution in [0.3, 0.4) is 0 Å². The molecule has 0 unspecified atom stereocenters. The van der Waals surface area contributed by atoms with E-state index >= 15 is 0 Å². The summed E-state index contributed by atoms with van der Waals surface area (Å²) in [6, 6.07) is 1.31. The average Bonchev–Trinajstić information content (AvgIpc) is 2.29. The molecule has 0 bridgehead atoms. The Hall–Kier alpha value is -1.30. The van der Waals surface area contributed by atoms with Crippen LogP contribution in [0.5, 0.6) is 0 Å². The van der Waals surface area contributed by atoms with E-state index in [1.165, 1.54) is 13.0 Å². The van der Waals surface area contributed by atoms with E-state index < -0.39 is 16.0 Å². The zero-order chi connectivity index (χ0) is 10.2. The molecule has 1 rings (SSSR count). The average molecular weight is 203 g/mol. The van der Waals surface area contributed by atoms with Crippen molar-refractivity contribution in [2.75, 3.05) is 6.26 Å². The van der Waals surface area contributed by atoms with E-state index in [0.29, 0.717) is 5.69 Å². The van der Waals surface area contributed by atoms with E-state index in [2.05, 4.69) is 0 Å². The van der Waals surface area contributed by atoms with E-state index in [-0.39, 0.29) is 5.56 Å². The number of carboxylic acid groups (broad SMARTS) is 1. The number of hydrogen-bond donors (Lipinski definition) is 1. The molecule has 72 valence electrons. The highest BCUT2D eigenvalue weighted by atomic mass is 32.2. The molecule has 0 amide bonds. The van der Waals surface area contributed by atoms with Gasteiger partial charge < -0.3 is 5.11 Å². The number of aromatic nitrogens is 1. The second-order valence-electron chi connectivity index (χ2n) is 2.73. The van der Waals surface area contributed by atoms with E-state index in [1.807, 2.05) is 0 Å². The molecule has 5 nitrogen and oxygen atoms in total. The fourth-order valence-corrected chi connectivity index (χ4v) is 1.91. The van der Waals surface area contributed by atoms with Gasteiger partial charge in [-0.3, -0.25) is 0 Å². The lowest BCUT2D eigenvalue weighted by atomic mass is 10.3. The molecule has 0 aromatic carbocycles.